The molecule has 240 valence electrons. The lowest BCUT2D eigenvalue weighted by Gasteiger charge is -2.23. The third-order valence-corrected chi connectivity index (χ3v) is 10.7. The van der Waals surface area contributed by atoms with E-state index in [0.29, 0.717) is 0 Å². The molecule has 0 saturated carbocycles. The summed E-state index contributed by atoms with van der Waals surface area (Å²) in [6.45, 7) is 16.1. The first-order valence-corrected chi connectivity index (χ1v) is 17.4. The summed E-state index contributed by atoms with van der Waals surface area (Å²) in [5.41, 5.74) is 16.5. The molecule has 0 bridgehead atoms. The van der Waals surface area contributed by atoms with Crippen LogP contribution in [0.25, 0.3) is 55.5 Å². The minimum Gasteiger partial charge on any atom is -0.0622 e. The van der Waals surface area contributed by atoms with E-state index in [9.17, 15) is 0 Å². The Kier molecular flexibility index (Phi) is 7.19. The minimum atomic E-state index is -0.0898. The number of hydrogen-bond donors (Lipinski definition) is 0. The number of nitrogens with zero attached hydrogens (tertiary/aromatic N) is 2. The lowest BCUT2D eigenvalue weighted by molar-refractivity contribution is -1.29. The molecule has 0 radical (unpaired) electrons. The molecular weight excluding hydrogens is 593 g/mol. The van der Waals surface area contributed by atoms with E-state index >= 15 is 0 Å². The monoisotopic (exact) mass is 636 g/mol. The molecule has 0 unspecified atom stereocenters. The number of pyridine rings is 2. The van der Waals surface area contributed by atoms with Gasteiger partial charge in [0.05, 0.1) is 20.5 Å². The van der Waals surface area contributed by atoms with Crippen LogP contribution in [-0.2, 0) is 10.8 Å². The molecule has 0 fully saturated rings. The van der Waals surface area contributed by atoms with Crippen molar-refractivity contribution in [3.05, 3.63) is 168 Å². The molecule has 0 saturated heterocycles. The number of aromatic nitrogens is 2. The zero-order valence-electron chi connectivity index (χ0n) is 29.7. The molecule has 0 aliphatic heterocycles. The van der Waals surface area contributed by atoms with Gasteiger partial charge in [0.15, 0.2) is 0 Å². The van der Waals surface area contributed by atoms with Gasteiger partial charge in [0, 0.05) is 29.7 Å². The maximum atomic E-state index is 2.45. The van der Waals surface area contributed by atoms with Gasteiger partial charge in [0.1, 0.15) is 0 Å². The van der Waals surface area contributed by atoms with Crippen LogP contribution in [0.5, 0.6) is 0 Å². The molecule has 2 heterocycles. The quantitative estimate of drug-likeness (QED) is 0.170. The average Bonchev–Trinajstić information content (AvgIpc) is 3.33. The molecular formula is C47H44N2+2. The number of fused-ring (bicyclic) bond motifs is 5. The third-order valence-electron chi connectivity index (χ3n) is 10.7. The van der Waals surface area contributed by atoms with Crippen molar-refractivity contribution < 1.29 is 9.35 Å². The lowest BCUT2D eigenvalue weighted by Crippen LogP contribution is -2.68. The van der Waals surface area contributed by atoms with Gasteiger partial charge < -0.3 is 0 Å². The van der Waals surface area contributed by atoms with Crippen LogP contribution < -0.4 is 9.35 Å². The highest BCUT2D eigenvalue weighted by Gasteiger charge is 2.39. The van der Waals surface area contributed by atoms with Crippen molar-refractivity contribution in [2.24, 2.45) is 0 Å². The van der Waals surface area contributed by atoms with Crippen molar-refractivity contribution in [3.8, 4) is 44.8 Å². The fourth-order valence-electron chi connectivity index (χ4n) is 7.92. The molecule has 5 aromatic carbocycles. The number of benzene rings is 5. The average molecular weight is 637 g/mol. The molecule has 49 heavy (non-hydrogen) atoms. The van der Waals surface area contributed by atoms with Crippen LogP contribution in [0.1, 0.15) is 62.4 Å². The van der Waals surface area contributed by atoms with Crippen molar-refractivity contribution in [1.82, 2.24) is 0 Å². The van der Waals surface area contributed by atoms with Crippen LogP contribution in [0, 0.1) is 13.8 Å². The predicted octanol–water partition coefficient (Wildman–Crippen LogP) is 10.9. The first-order valence-electron chi connectivity index (χ1n) is 17.4. The molecule has 0 amide bonds. The summed E-state index contributed by atoms with van der Waals surface area (Å²) in [5, 5.41) is 2.65. The highest BCUT2D eigenvalue weighted by Crippen LogP contribution is 2.52. The highest BCUT2D eigenvalue weighted by atomic mass is 15.4. The van der Waals surface area contributed by atoms with Crippen LogP contribution in [-0.4, -0.2) is 0 Å². The van der Waals surface area contributed by atoms with Crippen molar-refractivity contribution in [1.29, 1.82) is 0 Å². The van der Waals surface area contributed by atoms with E-state index in [4.69, 9.17) is 0 Å². The Balaban J connectivity index is 1.35. The van der Waals surface area contributed by atoms with Crippen LogP contribution in [0.4, 0.5) is 0 Å². The fraction of sp³-hybridized carbons (Fsp3) is 0.191. The van der Waals surface area contributed by atoms with E-state index in [1.54, 1.807) is 0 Å². The predicted molar refractivity (Wildman–Crippen MR) is 204 cm³/mol. The van der Waals surface area contributed by atoms with Gasteiger partial charge in [-0.05, 0) is 98.3 Å². The van der Waals surface area contributed by atoms with Crippen LogP contribution in [0.2, 0.25) is 0 Å². The van der Waals surface area contributed by atoms with Gasteiger partial charge in [-0.3, -0.25) is 0 Å². The maximum Gasteiger partial charge on any atom is 0.284 e. The molecule has 7 aromatic rings. The van der Waals surface area contributed by atoms with Crippen LogP contribution in [0.3, 0.4) is 0 Å². The Morgan fingerprint density at radius 2 is 1.22 bits per heavy atom. The molecule has 2 nitrogen and oxygen atoms in total. The first-order chi connectivity index (χ1) is 23.5. The van der Waals surface area contributed by atoms with E-state index < -0.39 is 0 Å². The second kappa shape index (κ2) is 11.4. The third kappa shape index (κ3) is 5.09. The standard InChI is InChI=1S/C47H44N2/c1-31-20-21-35(33-15-9-8-10-16-33)28-39(31)44-29-36(46(3,4)5)24-26-49(44)48-25-14-13-19-43(48)40-30-41-38-23-22-34-17-11-12-18-37(34)45(38)47(6,7)42(41)27-32(40)2/h8-30H,1-7H3/q+2. The van der Waals surface area contributed by atoms with E-state index in [1.807, 2.05) is 0 Å². The molecule has 0 N–H and O–H groups in total. The van der Waals surface area contributed by atoms with Crippen molar-refractivity contribution >= 4 is 10.8 Å². The summed E-state index contributed by atoms with van der Waals surface area (Å²) in [6.07, 6.45) is 4.45. The molecule has 1 aliphatic rings. The normalized spacial score (nSPS) is 13.4. The number of hydrogen-bond acceptors (Lipinski definition) is 0. The Hall–Kier alpha value is -5.34. The van der Waals surface area contributed by atoms with E-state index in [2.05, 4.69) is 198 Å². The smallest absolute Gasteiger partial charge is 0.0622 e. The molecule has 2 aromatic heterocycles. The van der Waals surface area contributed by atoms with E-state index in [0.717, 1.165) is 11.4 Å². The molecule has 1 aliphatic carbocycles. The van der Waals surface area contributed by atoms with Gasteiger partial charge in [0.25, 0.3) is 11.4 Å². The number of rotatable bonds is 4. The SMILES string of the molecule is Cc1ccc(-c2ccccc2)cc1-c1cc(C(C)(C)C)cc[n+]1-[n+]1ccccc1-c1cc2c(cc1C)C(C)(C)c1c-2ccc2ccccc12. The molecule has 0 atom stereocenters. The van der Waals surface area contributed by atoms with Gasteiger partial charge in [0.2, 0.25) is 12.4 Å². The summed E-state index contributed by atoms with van der Waals surface area (Å²) in [4.78, 5) is 0. The second-order valence-corrected chi connectivity index (χ2v) is 15.3. The highest BCUT2D eigenvalue weighted by molar-refractivity contribution is 5.98. The van der Waals surface area contributed by atoms with Crippen LogP contribution >= 0.6 is 0 Å². The summed E-state index contributed by atoms with van der Waals surface area (Å²) >= 11 is 0. The second-order valence-electron chi connectivity index (χ2n) is 15.3. The van der Waals surface area contributed by atoms with Gasteiger partial charge in [-0.1, -0.05) is 120 Å². The Bertz CT molecular complexity index is 2410. The Labute approximate surface area is 291 Å². The van der Waals surface area contributed by atoms with Gasteiger partial charge >= 0.3 is 0 Å². The topological polar surface area (TPSA) is 7.76 Å². The number of aryl methyl sites for hydroxylation is 2. The van der Waals surface area contributed by atoms with Gasteiger partial charge in [-0.25, -0.2) is 0 Å². The van der Waals surface area contributed by atoms with E-state index in [-0.39, 0.29) is 10.8 Å². The zero-order chi connectivity index (χ0) is 34.1. The van der Waals surface area contributed by atoms with Crippen LogP contribution in [0.15, 0.2) is 140 Å². The van der Waals surface area contributed by atoms with Gasteiger partial charge in [-0.15, -0.1) is 0 Å². The Morgan fingerprint density at radius 3 is 2.02 bits per heavy atom. The minimum absolute atomic E-state index is 0.00388. The summed E-state index contributed by atoms with van der Waals surface area (Å²) < 4.78 is 4.66. The summed E-state index contributed by atoms with van der Waals surface area (Å²) in [6, 6.07) is 47.1. The summed E-state index contributed by atoms with van der Waals surface area (Å²) in [7, 11) is 0. The largest absolute Gasteiger partial charge is 0.284 e. The zero-order valence-corrected chi connectivity index (χ0v) is 29.7. The maximum absolute atomic E-state index is 2.45. The lowest BCUT2D eigenvalue weighted by atomic mass is 9.79. The van der Waals surface area contributed by atoms with E-state index in [1.165, 1.54) is 72.0 Å². The molecule has 0 spiro atoms. The first kappa shape index (κ1) is 31.0. The van der Waals surface area contributed by atoms with Crippen molar-refractivity contribution in [3.63, 3.8) is 0 Å². The summed E-state index contributed by atoms with van der Waals surface area (Å²) in [5.74, 6) is 0. The Morgan fingerprint density at radius 1 is 0.510 bits per heavy atom. The van der Waals surface area contributed by atoms with Crippen molar-refractivity contribution in [2.45, 2.75) is 59.3 Å². The van der Waals surface area contributed by atoms with Crippen molar-refractivity contribution in [2.75, 3.05) is 0 Å². The van der Waals surface area contributed by atoms with Gasteiger partial charge in [-0.2, -0.15) is 0 Å². The molecule has 8 rings (SSSR count). The fourth-order valence-corrected chi connectivity index (χ4v) is 7.92. The molecule has 2 heteroatoms.